The van der Waals surface area contributed by atoms with Crippen molar-refractivity contribution in [1.29, 1.82) is 0 Å². The summed E-state index contributed by atoms with van der Waals surface area (Å²) >= 11 is 11.9. The van der Waals surface area contributed by atoms with Crippen LogP contribution in [-0.2, 0) is 11.2 Å². The molecule has 0 unspecified atom stereocenters. The number of nitrogens with one attached hydrogen (secondary N) is 2. The summed E-state index contributed by atoms with van der Waals surface area (Å²) in [5, 5.41) is 7.63. The Morgan fingerprint density at radius 3 is 2.83 bits per heavy atom. The number of benzene rings is 1. The van der Waals surface area contributed by atoms with Gasteiger partial charge in [0.1, 0.15) is 0 Å². The number of halogens is 2. The molecule has 0 saturated carbocycles. The van der Waals surface area contributed by atoms with E-state index in [1.807, 2.05) is 36.4 Å². The van der Waals surface area contributed by atoms with Gasteiger partial charge in [-0.1, -0.05) is 35.3 Å². The van der Waals surface area contributed by atoms with Gasteiger partial charge < -0.3 is 10.6 Å². The molecule has 1 saturated heterocycles. The number of hydrogen-bond acceptors (Lipinski definition) is 3. The fourth-order valence-electron chi connectivity index (χ4n) is 3.03. The van der Waals surface area contributed by atoms with Crippen molar-refractivity contribution in [1.82, 2.24) is 15.6 Å². The van der Waals surface area contributed by atoms with Crippen LogP contribution in [0.1, 0.15) is 17.2 Å². The Labute approximate surface area is 151 Å². The second-order valence-electron chi connectivity index (χ2n) is 5.94. The zero-order valence-corrected chi connectivity index (χ0v) is 14.6. The van der Waals surface area contributed by atoms with E-state index >= 15 is 0 Å². The van der Waals surface area contributed by atoms with Crippen LogP contribution in [0.2, 0.25) is 10.0 Å². The normalized spacial score (nSPS) is 20.1. The fraction of sp³-hybridized carbons (Fsp3) is 0.333. The molecule has 1 fully saturated rings. The minimum Gasteiger partial charge on any atom is -0.355 e. The van der Waals surface area contributed by atoms with Gasteiger partial charge in [0.25, 0.3) is 0 Å². The molecule has 2 N–H and O–H groups in total. The van der Waals surface area contributed by atoms with Crippen molar-refractivity contribution in [3.05, 3.63) is 63.9 Å². The third kappa shape index (κ3) is 4.26. The molecule has 1 aliphatic heterocycles. The molecule has 1 aromatic carbocycles. The number of rotatable bonds is 5. The van der Waals surface area contributed by atoms with Gasteiger partial charge >= 0.3 is 0 Å². The first-order valence-corrected chi connectivity index (χ1v) is 8.73. The van der Waals surface area contributed by atoms with Crippen LogP contribution < -0.4 is 10.6 Å². The number of amides is 1. The number of carbonyl (C=O) groups is 1. The van der Waals surface area contributed by atoms with Gasteiger partial charge in [0.15, 0.2) is 0 Å². The molecular weight excluding hydrogens is 345 g/mol. The van der Waals surface area contributed by atoms with Gasteiger partial charge in [0.05, 0.1) is 10.9 Å². The molecule has 2 heterocycles. The predicted octanol–water partition coefficient (Wildman–Crippen LogP) is 3.05. The highest BCUT2D eigenvalue weighted by molar-refractivity contribution is 6.30. The van der Waals surface area contributed by atoms with Gasteiger partial charge in [-0.25, -0.2) is 0 Å². The lowest BCUT2D eigenvalue weighted by Gasteiger charge is -2.18. The van der Waals surface area contributed by atoms with Crippen LogP contribution >= 0.6 is 23.2 Å². The van der Waals surface area contributed by atoms with Crippen molar-refractivity contribution in [3.8, 4) is 0 Å². The summed E-state index contributed by atoms with van der Waals surface area (Å²) in [4.78, 5) is 16.9. The minimum absolute atomic E-state index is 0.0591. The zero-order chi connectivity index (χ0) is 16.9. The maximum Gasteiger partial charge on any atom is 0.225 e. The Bertz CT molecular complexity index is 706. The Hall–Kier alpha value is -1.62. The Balaban J connectivity index is 1.56. The summed E-state index contributed by atoms with van der Waals surface area (Å²) < 4.78 is 0. The topological polar surface area (TPSA) is 54.0 Å². The van der Waals surface area contributed by atoms with Crippen LogP contribution in [0.15, 0.2) is 42.6 Å². The van der Waals surface area contributed by atoms with Crippen LogP contribution in [0.5, 0.6) is 0 Å². The highest BCUT2D eigenvalue weighted by atomic mass is 35.5. The maximum absolute atomic E-state index is 12.5. The largest absolute Gasteiger partial charge is 0.355 e. The average Bonchev–Trinajstić information content (AvgIpc) is 3.05. The van der Waals surface area contributed by atoms with E-state index in [9.17, 15) is 4.79 Å². The van der Waals surface area contributed by atoms with E-state index in [2.05, 4.69) is 15.6 Å². The summed E-state index contributed by atoms with van der Waals surface area (Å²) in [6.07, 6.45) is 2.39. The van der Waals surface area contributed by atoms with E-state index in [1.165, 1.54) is 0 Å². The highest BCUT2D eigenvalue weighted by Gasteiger charge is 2.34. The summed E-state index contributed by atoms with van der Waals surface area (Å²) in [7, 11) is 0. The van der Waals surface area contributed by atoms with Crippen LogP contribution in [0.3, 0.4) is 0 Å². The molecule has 1 aromatic heterocycles. The van der Waals surface area contributed by atoms with Crippen molar-refractivity contribution < 1.29 is 4.79 Å². The summed E-state index contributed by atoms with van der Waals surface area (Å²) in [6.45, 7) is 2.01. The van der Waals surface area contributed by atoms with Crippen LogP contribution in [0.4, 0.5) is 0 Å². The van der Waals surface area contributed by atoms with E-state index < -0.39 is 0 Å². The first kappa shape index (κ1) is 17.2. The lowest BCUT2D eigenvalue weighted by Crippen LogP contribution is -2.35. The molecular formula is C18H19Cl2N3O. The van der Waals surface area contributed by atoms with E-state index in [0.717, 1.165) is 24.2 Å². The van der Waals surface area contributed by atoms with Crippen LogP contribution in [0, 0.1) is 5.92 Å². The van der Waals surface area contributed by atoms with Gasteiger partial charge in [-0.05, 0) is 36.2 Å². The van der Waals surface area contributed by atoms with Crippen molar-refractivity contribution in [2.24, 2.45) is 5.92 Å². The predicted molar refractivity (Wildman–Crippen MR) is 96.5 cm³/mol. The number of carbonyl (C=O) groups excluding carboxylic acids is 1. The Morgan fingerprint density at radius 2 is 2.08 bits per heavy atom. The Kier molecular flexibility index (Phi) is 5.72. The molecule has 3 rings (SSSR count). The van der Waals surface area contributed by atoms with Crippen molar-refractivity contribution >= 4 is 29.1 Å². The molecule has 1 aliphatic rings. The van der Waals surface area contributed by atoms with Gasteiger partial charge in [-0.15, -0.1) is 0 Å². The van der Waals surface area contributed by atoms with E-state index in [0.29, 0.717) is 23.1 Å². The second kappa shape index (κ2) is 7.97. The number of pyridine rings is 1. The first-order valence-electron chi connectivity index (χ1n) is 7.98. The molecule has 4 nitrogen and oxygen atoms in total. The molecule has 2 aromatic rings. The SMILES string of the molecule is O=C(NCCc1cccc(Cl)c1)[C@@H]1CNC[C@H]1c1ccc(Cl)cn1. The monoisotopic (exact) mass is 363 g/mol. The number of nitrogens with zero attached hydrogens (tertiary/aromatic N) is 1. The van der Waals surface area contributed by atoms with Gasteiger partial charge in [0.2, 0.25) is 5.91 Å². The molecule has 1 amide bonds. The molecule has 0 bridgehead atoms. The van der Waals surface area contributed by atoms with Crippen molar-refractivity contribution in [2.45, 2.75) is 12.3 Å². The minimum atomic E-state index is -0.113. The molecule has 0 radical (unpaired) electrons. The molecule has 0 spiro atoms. The van der Waals surface area contributed by atoms with Crippen molar-refractivity contribution in [3.63, 3.8) is 0 Å². The standard InChI is InChI=1S/C18H19Cl2N3O/c19-13-3-1-2-12(8-13)6-7-22-18(24)16-11-21-10-15(16)17-5-4-14(20)9-23-17/h1-5,8-9,15-16,21H,6-7,10-11H2,(H,22,24)/t15-,16-/m1/s1. The lowest BCUT2D eigenvalue weighted by molar-refractivity contribution is -0.124. The zero-order valence-electron chi connectivity index (χ0n) is 13.1. The average molecular weight is 364 g/mol. The first-order chi connectivity index (χ1) is 11.6. The summed E-state index contributed by atoms with van der Waals surface area (Å²) in [5.74, 6) is 0.0234. The van der Waals surface area contributed by atoms with Gasteiger partial charge in [0, 0.05) is 42.5 Å². The van der Waals surface area contributed by atoms with Crippen LogP contribution in [-0.4, -0.2) is 30.5 Å². The number of aromatic nitrogens is 1. The smallest absolute Gasteiger partial charge is 0.225 e. The van der Waals surface area contributed by atoms with E-state index in [-0.39, 0.29) is 17.7 Å². The third-order valence-corrected chi connectivity index (χ3v) is 4.74. The van der Waals surface area contributed by atoms with Gasteiger partial charge in [-0.3, -0.25) is 9.78 Å². The third-order valence-electron chi connectivity index (χ3n) is 4.28. The number of hydrogen-bond donors (Lipinski definition) is 2. The van der Waals surface area contributed by atoms with Crippen LogP contribution in [0.25, 0.3) is 0 Å². The fourth-order valence-corrected chi connectivity index (χ4v) is 3.35. The molecule has 24 heavy (non-hydrogen) atoms. The lowest BCUT2D eigenvalue weighted by atomic mass is 9.91. The summed E-state index contributed by atoms with van der Waals surface area (Å²) in [6, 6.07) is 11.4. The molecule has 126 valence electrons. The molecule has 2 atom stereocenters. The molecule has 6 heteroatoms. The Morgan fingerprint density at radius 1 is 1.21 bits per heavy atom. The highest BCUT2D eigenvalue weighted by Crippen LogP contribution is 2.27. The second-order valence-corrected chi connectivity index (χ2v) is 6.82. The quantitative estimate of drug-likeness (QED) is 0.858. The van der Waals surface area contributed by atoms with E-state index in [1.54, 1.807) is 6.20 Å². The molecule has 0 aliphatic carbocycles. The maximum atomic E-state index is 12.5. The van der Waals surface area contributed by atoms with Gasteiger partial charge in [-0.2, -0.15) is 0 Å². The van der Waals surface area contributed by atoms with Crippen molar-refractivity contribution in [2.75, 3.05) is 19.6 Å². The van der Waals surface area contributed by atoms with E-state index in [4.69, 9.17) is 23.2 Å². The summed E-state index contributed by atoms with van der Waals surface area (Å²) in [5.41, 5.74) is 2.02.